The number of hydrogen-bond acceptors (Lipinski definition) is 3. The van der Waals surface area contributed by atoms with Gasteiger partial charge in [-0.3, -0.25) is 0 Å². The fourth-order valence-electron chi connectivity index (χ4n) is 2.59. The molecule has 3 heteroatoms. The summed E-state index contributed by atoms with van der Waals surface area (Å²) in [6.45, 7) is 13.2. The second-order valence-corrected chi connectivity index (χ2v) is 6.80. The van der Waals surface area contributed by atoms with Crippen LogP contribution in [0.4, 0.5) is 0 Å². The van der Waals surface area contributed by atoms with E-state index in [2.05, 4.69) is 45.0 Å². The van der Waals surface area contributed by atoms with E-state index in [-0.39, 0.29) is 0 Å². The highest BCUT2D eigenvalue weighted by atomic mass is 16.5. The second-order valence-electron chi connectivity index (χ2n) is 6.80. The number of piperidine rings is 1. The standard InChI is InChI=1S/C16H34N2O/c1-13(2)10-17-11-16(14(3)4)19-12-15-8-6-7-9-18(15)5/h13-17H,6-12H2,1-5H3. The van der Waals surface area contributed by atoms with Crippen molar-refractivity contribution < 1.29 is 4.74 Å². The molecule has 3 nitrogen and oxygen atoms in total. The van der Waals surface area contributed by atoms with Gasteiger partial charge in [-0.25, -0.2) is 0 Å². The van der Waals surface area contributed by atoms with E-state index in [0.29, 0.717) is 24.0 Å². The number of nitrogens with one attached hydrogen (secondary N) is 1. The van der Waals surface area contributed by atoms with Gasteiger partial charge in [-0.2, -0.15) is 0 Å². The number of ether oxygens (including phenoxy) is 1. The van der Waals surface area contributed by atoms with Crippen LogP contribution < -0.4 is 5.32 Å². The molecular weight excluding hydrogens is 236 g/mol. The number of nitrogens with zero attached hydrogens (tertiary/aromatic N) is 1. The molecule has 0 aromatic rings. The quantitative estimate of drug-likeness (QED) is 0.734. The van der Waals surface area contributed by atoms with Gasteiger partial charge in [0.1, 0.15) is 0 Å². The van der Waals surface area contributed by atoms with E-state index in [9.17, 15) is 0 Å². The van der Waals surface area contributed by atoms with Crippen molar-refractivity contribution in [3.05, 3.63) is 0 Å². The smallest absolute Gasteiger partial charge is 0.0723 e. The maximum atomic E-state index is 6.19. The third-order valence-electron chi connectivity index (χ3n) is 4.07. The minimum absolute atomic E-state index is 0.342. The molecule has 0 radical (unpaired) electrons. The van der Waals surface area contributed by atoms with E-state index in [1.54, 1.807) is 0 Å². The van der Waals surface area contributed by atoms with Crippen molar-refractivity contribution in [2.75, 3.05) is 33.3 Å². The molecule has 19 heavy (non-hydrogen) atoms. The van der Waals surface area contributed by atoms with Crippen molar-refractivity contribution in [3.8, 4) is 0 Å². The molecule has 1 aliphatic heterocycles. The van der Waals surface area contributed by atoms with Crippen LogP contribution in [0.25, 0.3) is 0 Å². The highest BCUT2D eigenvalue weighted by Gasteiger charge is 2.21. The van der Waals surface area contributed by atoms with Crippen LogP contribution in [0.5, 0.6) is 0 Å². The van der Waals surface area contributed by atoms with E-state index >= 15 is 0 Å². The molecule has 0 aromatic carbocycles. The van der Waals surface area contributed by atoms with Crippen molar-refractivity contribution in [2.45, 2.75) is 59.1 Å². The first-order valence-corrected chi connectivity index (χ1v) is 8.03. The Labute approximate surface area is 120 Å². The molecule has 0 aromatic heterocycles. The monoisotopic (exact) mass is 270 g/mol. The summed E-state index contributed by atoms with van der Waals surface area (Å²) in [5, 5.41) is 3.53. The minimum Gasteiger partial charge on any atom is -0.375 e. The van der Waals surface area contributed by atoms with Gasteiger partial charge in [0.15, 0.2) is 0 Å². The Hall–Kier alpha value is -0.120. The van der Waals surface area contributed by atoms with Crippen LogP contribution in [-0.2, 0) is 4.74 Å². The SMILES string of the molecule is CC(C)CNCC(OCC1CCCCN1C)C(C)C. The van der Waals surface area contributed by atoms with Gasteiger partial charge in [0, 0.05) is 12.6 Å². The highest BCUT2D eigenvalue weighted by molar-refractivity contribution is 4.75. The summed E-state index contributed by atoms with van der Waals surface area (Å²) in [4.78, 5) is 2.46. The van der Waals surface area contributed by atoms with Gasteiger partial charge >= 0.3 is 0 Å². The predicted octanol–water partition coefficient (Wildman–Crippen LogP) is 2.76. The van der Waals surface area contributed by atoms with Gasteiger partial charge in [0.2, 0.25) is 0 Å². The first kappa shape index (κ1) is 16.9. The van der Waals surface area contributed by atoms with Crippen LogP contribution in [0.15, 0.2) is 0 Å². The third-order valence-corrected chi connectivity index (χ3v) is 4.07. The lowest BCUT2D eigenvalue weighted by Gasteiger charge is -2.34. The van der Waals surface area contributed by atoms with Gasteiger partial charge in [-0.05, 0) is 44.8 Å². The summed E-state index contributed by atoms with van der Waals surface area (Å²) < 4.78 is 6.19. The summed E-state index contributed by atoms with van der Waals surface area (Å²) in [7, 11) is 2.23. The first-order valence-electron chi connectivity index (χ1n) is 8.03. The van der Waals surface area contributed by atoms with Crippen molar-refractivity contribution in [1.29, 1.82) is 0 Å². The molecule has 0 bridgehead atoms. The fraction of sp³-hybridized carbons (Fsp3) is 1.00. The molecule has 2 atom stereocenters. The molecule has 2 unspecified atom stereocenters. The molecular formula is C16H34N2O. The zero-order valence-corrected chi connectivity index (χ0v) is 13.6. The Morgan fingerprint density at radius 2 is 1.89 bits per heavy atom. The van der Waals surface area contributed by atoms with Gasteiger partial charge in [-0.15, -0.1) is 0 Å². The van der Waals surface area contributed by atoms with E-state index in [1.807, 2.05) is 0 Å². The van der Waals surface area contributed by atoms with Crippen LogP contribution in [0, 0.1) is 11.8 Å². The average Bonchev–Trinajstić information content (AvgIpc) is 2.34. The van der Waals surface area contributed by atoms with Crippen molar-refractivity contribution >= 4 is 0 Å². The highest BCUT2D eigenvalue weighted by Crippen LogP contribution is 2.16. The maximum absolute atomic E-state index is 6.19. The topological polar surface area (TPSA) is 24.5 Å². The Balaban J connectivity index is 2.28. The lowest BCUT2D eigenvalue weighted by Crippen LogP contribution is -2.42. The molecule has 1 fully saturated rings. The molecule has 1 saturated heterocycles. The largest absolute Gasteiger partial charge is 0.375 e. The lowest BCUT2D eigenvalue weighted by atomic mass is 10.0. The Kier molecular flexibility index (Phi) is 7.96. The van der Waals surface area contributed by atoms with Crippen LogP contribution in [0.3, 0.4) is 0 Å². The molecule has 114 valence electrons. The van der Waals surface area contributed by atoms with Crippen LogP contribution >= 0.6 is 0 Å². The van der Waals surface area contributed by atoms with Crippen LogP contribution in [0.2, 0.25) is 0 Å². The Bertz CT molecular complexity index is 231. The van der Waals surface area contributed by atoms with Gasteiger partial charge in [0.25, 0.3) is 0 Å². The number of likely N-dealkylation sites (tertiary alicyclic amines) is 1. The van der Waals surface area contributed by atoms with Crippen LogP contribution in [-0.4, -0.2) is 50.3 Å². The Morgan fingerprint density at radius 3 is 2.47 bits per heavy atom. The molecule has 0 amide bonds. The summed E-state index contributed by atoms with van der Waals surface area (Å²) in [5.41, 5.74) is 0. The zero-order valence-electron chi connectivity index (χ0n) is 13.6. The van der Waals surface area contributed by atoms with E-state index < -0.39 is 0 Å². The molecule has 1 N–H and O–H groups in total. The van der Waals surface area contributed by atoms with E-state index in [4.69, 9.17) is 4.74 Å². The maximum Gasteiger partial charge on any atom is 0.0723 e. The summed E-state index contributed by atoms with van der Waals surface area (Å²) in [5.74, 6) is 1.28. The van der Waals surface area contributed by atoms with E-state index in [0.717, 1.165) is 19.7 Å². The summed E-state index contributed by atoms with van der Waals surface area (Å²) in [6, 6.07) is 0.625. The summed E-state index contributed by atoms with van der Waals surface area (Å²) in [6.07, 6.45) is 4.34. The first-order chi connectivity index (χ1) is 9.00. The number of likely N-dealkylation sites (N-methyl/N-ethyl adjacent to an activating group) is 1. The second kappa shape index (κ2) is 8.93. The van der Waals surface area contributed by atoms with Crippen molar-refractivity contribution in [3.63, 3.8) is 0 Å². The fourth-order valence-corrected chi connectivity index (χ4v) is 2.59. The molecule has 0 spiro atoms. The molecule has 0 aliphatic carbocycles. The zero-order chi connectivity index (χ0) is 14.3. The third kappa shape index (κ3) is 6.73. The van der Waals surface area contributed by atoms with E-state index in [1.165, 1.54) is 25.8 Å². The summed E-state index contributed by atoms with van der Waals surface area (Å²) >= 11 is 0. The normalized spacial score (nSPS) is 23.2. The van der Waals surface area contributed by atoms with Gasteiger partial charge in [-0.1, -0.05) is 34.1 Å². The van der Waals surface area contributed by atoms with Crippen LogP contribution in [0.1, 0.15) is 47.0 Å². The number of rotatable bonds is 8. The van der Waals surface area contributed by atoms with Crippen molar-refractivity contribution in [1.82, 2.24) is 10.2 Å². The minimum atomic E-state index is 0.342. The predicted molar refractivity (Wildman–Crippen MR) is 82.6 cm³/mol. The average molecular weight is 270 g/mol. The lowest BCUT2D eigenvalue weighted by molar-refractivity contribution is -0.0164. The van der Waals surface area contributed by atoms with Gasteiger partial charge in [0.05, 0.1) is 12.7 Å². The molecule has 1 rings (SSSR count). The Morgan fingerprint density at radius 1 is 1.16 bits per heavy atom. The van der Waals surface area contributed by atoms with Gasteiger partial charge < -0.3 is 15.0 Å². The molecule has 1 heterocycles. The van der Waals surface area contributed by atoms with Crippen molar-refractivity contribution in [2.24, 2.45) is 11.8 Å². The molecule has 1 aliphatic rings. The molecule has 0 saturated carbocycles. The number of hydrogen-bond donors (Lipinski definition) is 1.